The molecule has 16 heavy (non-hydrogen) atoms. The van der Waals surface area contributed by atoms with Crippen molar-refractivity contribution in [3.8, 4) is 0 Å². The standard InChI is InChI=1S/C9H10ClN3O3/c10-6-1-2-12-3-5(6)9(16)13-4-7(14)8(11)15/h1-3,7,14H,4H2,(H2,11,15)(H,13,16). The second-order valence-electron chi connectivity index (χ2n) is 2.98. The van der Waals surface area contributed by atoms with Crippen molar-refractivity contribution in [2.75, 3.05) is 6.54 Å². The lowest BCUT2D eigenvalue weighted by Crippen LogP contribution is -2.40. The first-order valence-electron chi connectivity index (χ1n) is 4.37. The number of pyridine rings is 1. The largest absolute Gasteiger partial charge is 0.381 e. The highest BCUT2D eigenvalue weighted by Crippen LogP contribution is 2.12. The zero-order valence-electron chi connectivity index (χ0n) is 8.18. The average Bonchev–Trinajstić information content (AvgIpc) is 2.25. The Bertz CT molecular complexity index is 411. The van der Waals surface area contributed by atoms with Crippen molar-refractivity contribution in [2.24, 2.45) is 5.73 Å². The Labute approximate surface area is 96.4 Å². The summed E-state index contributed by atoms with van der Waals surface area (Å²) in [6, 6.07) is 1.46. The normalized spacial score (nSPS) is 11.9. The maximum Gasteiger partial charge on any atom is 0.254 e. The Morgan fingerprint density at radius 1 is 1.62 bits per heavy atom. The van der Waals surface area contributed by atoms with Gasteiger partial charge in [-0.15, -0.1) is 0 Å². The number of nitrogens with two attached hydrogens (primary N) is 1. The van der Waals surface area contributed by atoms with Gasteiger partial charge >= 0.3 is 0 Å². The van der Waals surface area contributed by atoms with Crippen LogP contribution in [0.15, 0.2) is 18.5 Å². The number of rotatable bonds is 4. The number of nitrogens with one attached hydrogen (secondary N) is 1. The minimum Gasteiger partial charge on any atom is -0.381 e. The summed E-state index contributed by atoms with van der Waals surface area (Å²) in [6.45, 7) is -0.264. The van der Waals surface area contributed by atoms with Gasteiger partial charge in [-0.05, 0) is 6.07 Å². The molecule has 0 aliphatic heterocycles. The Kier molecular flexibility index (Phi) is 4.21. The first-order valence-corrected chi connectivity index (χ1v) is 4.75. The molecular formula is C9H10ClN3O3. The fraction of sp³-hybridized carbons (Fsp3) is 0.222. The van der Waals surface area contributed by atoms with Gasteiger partial charge in [-0.2, -0.15) is 0 Å². The molecule has 4 N–H and O–H groups in total. The number of primary amides is 1. The Balaban J connectivity index is 2.60. The van der Waals surface area contributed by atoms with Crippen molar-refractivity contribution in [3.63, 3.8) is 0 Å². The SMILES string of the molecule is NC(=O)C(O)CNC(=O)c1cnccc1Cl. The smallest absolute Gasteiger partial charge is 0.254 e. The molecule has 0 aliphatic rings. The molecule has 1 unspecified atom stereocenters. The van der Waals surface area contributed by atoms with Crippen molar-refractivity contribution in [1.82, 2.24) is 10.3 Å². The van der Waals surface area contributed by atoms with E-state index in [1.807, 2.05) is 0 Å². The Morgan fingerprint density at radius 3 is 2.88 bits per heavy atom. The van der Waals surface area contributed by atoms with Gasteiger partial charge in [0.25, 0.3) is 5.91 Å². The van der Waals surface area contributed by atoms with Gasteiger partial charge in [-0.3, -0.25) is 14.6 Å². The van der Waals surface area contributed by atoms with Crippen LogP contribution in [-0.2, 0) is 4.79 Å². The summed E-state index contributed by atoms with van der Waals surface area (Å²) in [5, 5.41) is 11.6. The highest BCUT2D eigenvalue weighted by Gasteiger charge is 2.14. The predicted octanol–water partition coefficient (Wildman–Crippen LogP) is -0.689. The van der Waals surface area contributed by atoms with Crippen molar-refractivity contribution in [2.45, 2.75) is 6.10 Å². The first kappa shape index (κ1) is 12.4. The second kappa shape index (κ2) is 5.43. The number of halogens is 1. The molecule has 0 aliphatic carbocycles. The predicted molar refractivity (Wildman–Crippen MR) is 56.8 cm³/mol. The molecule has 7 heteroatoms. The number of aliphatic hydroxyl groups excluding tert-OH is 1. The van der Waals surface area contributed by atoms with E-state index in [0.29, 0.717) is 0 Å². The molecule has 1 aromatic heterocycles. The molecule has 6 nitrogen and oxygen atoms in total. The van der Waals surface area contributed by atoms with E-state index in [9.17, 15) is 9.59 Å². The van der Waals surface area contributed by atoms with Crippen LogP contribution in [0.4, 0.5) is 0 Å². The van der Waals surface area contributed by atoms with Crippen LogP contribution in [0.1, 0.15) is 10.4 Å². The number of hydrogen-bond donors (Lipinski definition) is 3. The molecule has 0 saturated heterocycles. The summed E-state index contributed by atoms with van der Waals surface area (Å²) >= 11 is 5.74. The lowest BCUT2D eigenvalue weighted by Gasteiger charge is -2.08. The molecule has 1 aromatic rings. The fourth-order valence-corrected chi connectivity index (χ4v) is 1.12. The highest BCUT2D eigenvalue weighted by atomic mass is 35.5. The van der Waals surface area contributed by atoms with E-state index in [2.05, 4.69) is 10.3 Å². The lowest BCUT2D eigenvalue weighted by atomic mass is 10.2. The van der Waals surface area contributed by atoms with E-state index < -0.39 is 17.9 Å². The minimum atomic E-state index is -1.42. The van der Waals surface area contributed by atoms with Crippen LogP contribution in [0.3, 0.4) is 0 Å². The Hall–Kier alpha value is -1.66. The fourth-order valence-electron chi connectivity index (χ4n) is 0.930. The van der Waals surface area contributed by atoms with E-state index in [-0.39, 0.29) is 17.1 Å². The Morgan fingerprint density at radius 2 is 2.31 bits per heavy atom. The van der Waals surface area contributed by atoms with Crippen LogP contribution in [0.5, 0.6) is 0 Å². The van der Waals surface area contributed by atoms with E-state index in [1.54, 1.807) is 0 Å². The minimum absolute atomic E-state index is 0.167. The number of carbonyl (C=O) groups is 2. The number of aliphatic hydroxyl groups is 1. The third kappa shape index (κ3) is 3.18. The van der Waals surface area contributed by atoms with Gasteiger partial charge in [-0.1, -0.05) is 11.6 Å². The van der Waals surface area contributed by atoms with Gasteiger partial charge in [0.1, 0.15) is 6.10 Å². The molecule has 0 radical (unpaired) electrons. The van der Waals surface area contributed by atoms with Gasteiger partial charge in [0.05, 0.1) is 17.1 Å². The van der Waals surface area contributed by atoms with Gasteiger partial charge in [0.15, 0.2) is 0 Å². The van der Waals surface area contributed by atoms with Gasteiger partial charge in [0.2, 0.25) is 5.91 Å². The number of carbonyl (C=O) groups excluding carboxylic acids is 2. The average molecular weight is 244 g/mol. The van der Waals surface area contributed by atoms with Crippen LogP contribution < -0.4 is 11.1 Å². The number of nitrogens with zero attached hydrogens (tertiary/aromatic N) is 1. The summed E-state index contributed by atoms with van der Waals surface area (Å²) in [6.07, 6.45) is 1.31. The number of hydrogen-bond acceptors (Lipinski definition) is 4. The lowest BCUT2D eigenvalue weighted by molar-refractivity contribution is -0.125. The van der Waals surface area contributed by atoms with Crippen molar-refractivity contribution in [3.05, 3.63) is 29.0 Å². The van der Waals surface area contributed by atoms with Crippen molar-refractivity contribution in [1.29, 1.82) is 0 Å². The van der Waals surface area contributed by atoms with Crippen molar-refractivity contribution >= 4 is 23.4 Å². The van der Waals surface area contributed by atoms with Crippen LogP contribution in [0, 0.1) is 0 Å². The number of amides is 2. The van der Waals surface area contributed by atoms with Gasteiger partial charge < -0.3 is 16.2 Å². The summed E-state index contributed by atoms with van der Waals surface area (Å²) in [4.78, 5) is 25.7. The first-order chi connectivity index (χ1) is 7.52. The molecule has 86 valence electrons. The summed E-state index contributed by atoms with van der Waals surface area (Å²) in [7, 11) is 0. The van der Waals surface area contributed by atoms with Crippen LogP contribution in [-0.4, -0.2) is 34.6 Å². The second-order valence-corrected chi connectivity index (χ2v) is 3.39. The van der Waals surface area contributed by atoms with Crippen LogP contribution in [0.25, 0.3) is 0 Å². The topological polar surface area (TPSA) is 105 Å². The van der Waals surface area contributed by atoms with Crippen LogP contribution in [0.2, 0.25) is 5.02 Å². The molecule has 2 amide bonds. The van der Waals surface area contributed by atoms with E-state index >= 15 is 0 Å². The quantitative estimate of drug-likeness (QED) is 0.651. The van der Waals surface area contributed by atoms with E-state index in [4.69, 9.17) is 22.4 Å². The molecule has 0 aromatic carbocycles. The van der Waals surface area contributed by atoms with Crippen molar-refractivity contribution < 1.29 is 14.7 Å². The zero-order valence-corrected chi connectivity index (χ0v) is 8.94. The van der Waals surface area contributed by atoms with E-state index in [1.165, 1.54) is 18.5 Å². The maximum absolute atomic E-state index is 11.5. The summed E-state index contributed by atoms with van der Waals surface area (Å²) in [5.74, 6) is -1.43. The zero-order chi connectivity index (χ0) is 12.1. The maximum atomic E-state index is 11.5. The van der Waals surface area contributed by atoms with Crippen LogP contribution >= 0.6 is 11.6 Å². The third-order valence-electron chi connectivity index (χ3n) is 1.80. The molecule has 1 rings (SSSR count). The molecule has 0 bridgehead atoms. The molecule has 0 saturated carbocycles. The third-order valence-corrected chi connectivity index (χ3v) is 2.13. The summed E-state index contributed by atoms with van der Waals surface area (Å²) < 4.78 is 0. The molecule has 0 spiro atoms. The van der Waals surface area contributed by atoms with Gasteiger partial charge in [-0.25, -0.2) is 0 Å². The highest BCUT2D eigenvalue weighted by molar-refractivity contribution is 6.33. The number of aromatic nitrogens is 1. The molecular weight excluding hydrogens is 234 g/mol. The summed E-state index contributed by atoms with van der Waals surface area (Å²) in [5.41, 5.74) is 4.98. The monoisotopic (exact) mass is 243 g/mol. The molecule has 0 fully saturated rings. The molecule has 1 heterocycles. The van der Waals surface area contributed by atoms with E-state index in [0.717, 1.165) is 0 Å². The molecule has 1 atom stereocenters. The van der Waals surface area contributed by atoms with Gasteiger partial charge in [0, 0.05) is 12.4 Å².